The minimum Gasteiger partial charge on any atom is -0.454 e. The molecular formula is C13H22N4O3. The van der Waals surface area contributed by atoms with Gasteiger partial charge < -0.3 is 15.4 Å². The molecule has 112 valence electrons. The zero-order valence-electron chi connectivity index (χ0n) is 12.5. The van der Waals surface area contributed by atoms with Crippen LogP contribution in [0.5, 0.6) is 0 Å². The van der Waals surface area contributed by atoms with Crippen molar-refractivity contribution in [3.8, 4) is 0 Å². The third-order valence-electron chi connectivity index (χ3n) is 3.19. The van der Waals surface area contributed by atoms with Crippen molar-refractivity contribution in [1.29, 1.82) is 0 Å². The number of hydrogen-bond acceptors (Lipinski definition) is 5. The van der Waals surface area contributed by atoms with Crippen molar-refractivity contribution in [2.45, 2.75) is 34.2 Å². The lowest BCUT2D eigenvalue weighted by Crippen LogP contribution is -2.34. The molecule has 0 unspecified atom stereocenters. The molecule has 1 aromatic rings. The number of rotatable bonds is 6. The molecular weight excluding hydrogens is 260 g/mol. The van der Waals surface area contributed by atoms with Gasteiger partial charge >= 0.3 is 5.97 Å². The fourth-order valence-electron chi connectivity index (χ4n) is 1.84. The lowest BCUT2D eigenvalue weighted by Gasteiger charge is -2.18. The Balaban J connectivity index is 2.52. The van der Waals surface area contributed by atoms with Gasteiger partial charge in [-0.25, -0.2) is 0 Å². The van der Waals surface area contributed by atoms with Gasteiger partial charge in [-0.15, -0.1) is 0 Å². The Labute approximate surface area is 118 Å². The molecule has 2 N–H and O–H groups in total. The van der Waals surface area contributed by atoms with Crippen LogP contribution < -0.4 is 5.73 Å². The summed E-state index contributed by atoms with van der Waals surface area (Å²) in [5, 5.41) is 4.14. The maximum absolute atomic E-state index is 11.7. The van der Waals surface area contributed by atoms with E-state index in [-0.39, 0.29) is 19.1 Å². The predicted molar refractivity (Wildman–Crippen MR) is 75.0 cm³/mol. The molecule has 1 aromatic heterocycles. The zero-order chi connectivity index (χ0) is 15.3. The fraction of sp³-hybridized carbons (Fsp3) is 0.615. The smallest absolute Gasteiger partial charge is 0.328 e. The molecule has 1 amide bonds. The molecule has 1 rings (SSSR count). The molecule has 20 heavy (non-hydrogen) atoms. The highest BCUT2D eigenvalue weighted by atomic mass is 16.5. The number of nitrogens with two attached hydrogens (primary N) is 1. The lowest BCUT2D eigenvalue weighted by molar-refractivity contribution is -0.152. The number of amides is 1. The molecule has 0 atom stereocenters. The molecule has 0 saturated carbocycles. The number of likely N-dealkylation sites (N-methyl/N-ethyl adjacent to an activating group) is 1. The highest BCUT2D eigenvalue weighted by Gasteiger charge is 2.15. The molecule has 0 bridgehead atoms. The van der Waals surface area contributed by atoms with Crippen LogP contribution in [0.25, 0.3) is 0 Å². The SMILES string of the molecule is CCN(CC)C(=O)COC(=O)Cn1nc(C)c(N)c1C. The molecule has 0 aromatic carbocycles. The van der Waals surface area contributed by atoms with Crippen LogP contribution in [-0.2, 0) is 20.9 Å². The minimum absolute atomic E-state index is 0.0462. The average Bonchev–Trinajstić information content (AvgIpc) is 2.65. The number of esters is 1. The maximum atomic E-state index is 11.7. The van der Waals surface area contributed by atoms with Gasteiger partial charge in [0.2, 0.25) is 0 Å². The Bertz CT molecular complexity index is 492. The van der Waals surface area contributed by atoms with E-state index in [9.17, 15) is 9.59 Å². The standard InChI is InChI=1S/C13H22N4O3/c1-5-16(6-2)11(18)8-20-12(19)7-17-10(4)13(14)9(3)15-17/h5-8,14H2,1-4H3. The number of carbonyl (C=O) groups is 2. The van der Waals surface area contributed by atoms with Crippen LogP contribution in [0, 0.1) is 13.8 Å². The van der Waals surface area contributed by atoms with Crippen LogP contribution in [0.4, 0.5) is 5.69 Å². The van der Waals surface area contributed by atoms with Crippen molar-refractivity contribution >= 4 is 17.6 Å². The molecule has 0 aliphatic heterocycles. The highest BCUT2D eigenvalue weighted by molar-refractivity contribution is 5.80. The number of aryl methyl sites for hydroxylation is 1. The monoisotopic (exact) mass is 282 g/mol. The first kappa shape index (κ1) is 16.0. The first-order valence-electron chi connectivity index (χ1n) is 6.63. The second kappa shape index (κ2) is 6.93. The Morgan fingerprint density at radius 2 is 1.90 bits per heavy atom. The van der Waals surface area contributed by atoms with Crippen LogP contribution in [0.2, 0.25) is 0 Å². The Hall–Kier alpha value is -2.05. The summed E-state index contributed by atoms with van der Waals surface area (Å²) in [6, 6.07) is 0. The first-order valence-corrected chi connectivity index (χ1v) is 6.63. The molecule has 7 nitrogen and oxygen atoms in total. The number of anilines is 1. The van der Waals surface area contributed by atoms with E-state index in [4.69, 9.17) is 10.5 Å². The van der Waals surface area contributed by atoms with Gasteiger partial charge in [0.05, 0.1) is 17.1 Å². The van der Waals surface area contributed by atoms with Crippen molar-refractivity contribution in [3.05, 3.63) is 11.4 Å². The quantitative estimate of drug-likeness (QED) is 0.767. The van der Waals surface area contributed by atoms with E-state index in [1.165, 1.54) is 4.68 Å². The molecule has 1 heterocycles. The molecule has 0 saturated heterocycles. The number of aromatic nitrogens is 2. The van der Waals surface area contributed by atoms with E-state index < -0.39 is 5.97 Å². The van der Waals surface area contributed by atoms with E-state index >= 15 is 0 Å². The van der Waals surface area contributed by atoms with Crippen molar-refractivity contribution in [2.75, 3.05) is 25.4 Å². The van der Waals surface area contributed by atoms with Gasteiger partial charge in [-0.3, -0.25) is 14.3 Å². The highest BCUT2D eigenvalue weighted by Crippen LogP contribution is 2.14. The summed E-state index contributed by atoms with van der Waals surface area (Å²) < 4.78 is 6.45. The van der Waals surface area contributed by atoms with Crippen LogP contribution in [0.3, 0.4) is 0 Å². The molecule has 7 heteroatoms. The maximum Gasteiger partial charge on any atom is 0.328 e. The summed E-state index contributed by atoms with van der Waals surface area (Å²) in [5.41, 5.74) is 7.74. The zero-order valence-corrected chi connectivity index (χ0v) is 12.5. The number of nitrogen functional groups attached to an aromatic ring is 1. The average molecular weight is 282 g/mol. The number of hydrogen-bond donors (Lipinski definition) is 1. The Kier molecular flexibility index (Phi) is 5.54. The van der Waals surface area contributed by atoms with Gasteiger partial charge in [0.15, 0.2) is 6.61 Å². The van der Waals surface area contributed by atoms with Gasteiger partial charge in [0, 0.05) is 13.1 Å². The normalized spacial score (nSPS) is 10.4. The van der Waals surface area contributed by atoms with Crippen molar-refractivity contribution in [1.82, 2.24) is 14.7 Å². The van der Waals surface area contributed by atoms with Gasteiger partial charge in [0.25, 0.3) is 5.91 Å². The summed E-state index contributed by atoms with van der Waals surface area (Å²) in [5.74, 6) is -0.702. The van der Waals surface area contributed by atoms with E-state index in [1.54, 1.807) is 18.7 Å². The Morgan fingerprint density at radius 3 is 2.35 bits per heavy atom. The fourth-order valence-corrected chi connectivity index (χ4v) is 1.84. The summed E-state index contributed by atoms with van der Waals surface area (Å²) in [4.78, 5) is 25.0. The summed E-state index contributed by atoms with van der Waals surface area (Å²) >= 11 is 0. The summed E-state index contributed by atoms with van der Waals surface area (Å²) in [6.07, 6.45) is 0. The molecule has 0 aliphatic rings. The number of ether oxygens (including phenoxy) is 1. The second-order valence-electron chi connectivity index (χ2n) is 4.47. The number of carbonyl (C=O) groups excluding carboxylic acids is 2. The molecule has 0 aliphatic carbocycles. The van der Waals surface area contributed by atoms with Gasteiger partial charge in [-0.1, -0.05) is 0 Å². The van der Waals surface area contributed by atoms with Gasteiger partial charge in [-0.2, -0.15) is 5.10 Å². The van der Waals surface area contributed by atoms with Crippen molar-refractivity contribution in [2.24, 2.45) is 0 Å². The molecule has 0 spiro atoms. The van der Waals surface area contributed by atoms with Gasteiger partial charge in [0.1, 0.15) is 6.54 Å². The summed E-state index contributed by atoms with van der Waals surface area (Å²) in [6.45, 7) is 8.22. The van der Waals surface area contributed by atoms with Crippen LogP contribution >= 0.6 is 0 Å². The Morgan fingerprint density at radius 1 is 1.30 bits per heavy atom. The van der Waals surface area contributed by atoms with E-state index in [0.29, 0.717) is 24.5 Å². The van der Waals surface area contributed by atoms with Crippen LogP contribution in [0.15, 0.2) is 0 Å². The third-order valence-corrected chi connectivity index (χ3v) is 3.19. The van der Waals surface area contributed by atoms with Gasteiger partial charge in [-0.05, 0) is 27.7 Å². The minimum atomic E-state index is -0.504. The molecule has 0 fully saturated rings. The van der Waals surface area contributed by atoms with E-state index in [2.05, 4.69) is 5.10 Å². The molecule has 0 radical (unpaired) electrons. The number of nitrogens with zero attached hydrogens (tertiary/aromatic N) is 3. The topological polar surface area (TPSA) is 90.5 Å². The van der Waals surface area contributed by atoms with Crippen LogP contribution in [-0.4, -0.2) is 46.3 Å². The lowest BCUT2D eigenvalue weighted by atomic mass is 10.3. The first-order chi connectivity index (χ1) is 9.40. The largest absolute Gasteiger partial charge is 0.454 e. The predicted octanol–water partition coefficient (Wildman–Crippen LogP) is 0.494. The third kappa shape index (κ3) is 3.72. The second-order valence-corrected chi connectivity index (χ2v) is 4.47. The van der Waals surface area contributed by atoms with E-state index in [0.717, 1.165) is 5.69 Å². The van der Waals surface area contributed by atoms with Crippen LogP contribution in [0.1, 0.15) is 25.2 Å². The van der Waals surface area contributed by atoms with Crippen molar-refractivity contribution < 1.29 is 14.3 Å². The summed E-state index contributed by atoms with van der Waals surface area (Å²) in [7, 11) is 0. The van der Waals surface area contributed by atoms with E-state index in [1.807, 2.05) is 13.8 Å². The van der Waals surface area contributed by atoms with Crippen molar-refractivity contribution in [3.63, 3.8) is 0 Å².